The van der Waals surface area contributed by atoms with Crippen LogP contribution in [0, 0.1) is 0 Å². The van der Waals surface area contributed by atoms with Crippen LogP contribution < -0.4 is 5.32 Å². The van der Waals surface area contributed by atoms with Gasteiger partial charge in [-0.1, -0.05) is 49.4 Å². The maximum atomic E-state index is 12.4. The Balaban J connectivity index is 2.05. The maximum absolute atomic E-state index is 12.4. The van der Waals surface area contributed by atoms with Gasteiger partial charge in [0.2, 0.25) is 0 Å². The van der Waals surface area contributed by atoms with E-state index in [4.69, 9.17) is 0 Å². The zero-order valence-electron chi connectivity index (χ0n) is 14.5. The second kappa shape index (κ2) is 8.72. The van der Waals surface area contributed by atoms with Gasteiger partial charge >= 0.3 is 5.97 Å². The molecule has 2 aromatic carbocycles. The van der Waals surface area contributed by atoms with Crippen LogP contribution in [-0.4, -0.2) is 29.3 Å². The minimum absolute atomic E-state index is 0.0264. The number of nitrogens with one attached hydrogen (secondary N) is 1. The van der Waals surface area contributed by atoms with E-state index in [9.17, 15) is 14.7 Å². The lowest BCUT2D eigenvalue weighted by Gasteiger charge is -2.25. The number of hydrogen-bond donors (Lipinski definition) is 2. The summed E-state index contributed by atoms with van der Waals surface area (Å²) in [4.78, 5) is 24.1. The number of hydrogen-bond acceptors (Lipinski definition) is 3. The molecule has 0 fully saturated rings. The number of amides is 1. The Morgan fingerprint density at radius 1 is 1.08 bits per heavy atom. The fourth-order valence-electron chi connectivity index (χ4n) is 2.44. The van der Waals surface area contributed by atoms with Crippen molar-refractivity contribution >= 4 is 23.6 Å². The molecule has 0 heterocycles. The van der Waals surface area contributed by atoms with Crippen molar-refractivity contribution in [3.8, 4) is 0 Å². The first-order valence-electron chi connectivity index (χ1n) is 8.21. The molecule has 1 atom stereocenters. The van der Waals surface area contributed by atoms with Gasteiger partial charge in [-0.25, -0.2) is 0 Å². The van der Waals surface area contributed by atoms with Gasteiger partial charge in [0.25, 0.3) is 5.91 Å². The molecule has 5 heteroatoms. The highest BCUT2D eigenvalue weighted by Crippen LogP contribution is 2.23. The predicted molar refractivity (Wildman–Crippen MR) is 102 cm³/mol. The van der Waals surface area contributed by atoms with E-state index in [2.05, 4.69) is 12.2 Å². The molecule has 0 aliphatic carbocycles. The first-order chi connectivity index (χ1) is 12.0. The molecule has 0 spiro atoms. The monoisotopic (exact) mass is 357 g/mol. The van der Waals surface area contributed by atoms with E-state index in [0.717, 1.165) is 11.5 Å². The van der Waals surface area contributed by atoms with Gasteiger partial charge in [0.05, 0.1) is 0 Å². The van der Waals surface area contributed by atoms with Crippen molar-refractivity contribution in [2.24, 2.45) is 0 Å². The highest BCUT2D eigenvalue weighted by molar-refractivity contribution is 7.98. The van der Waals surface area contributed by atoms with E-state index in [0.29, 0.717) is 11.1 Å². The van der Waals surface area contributed by atoms with Crippen molar-refractivity contribution in [2.75, 3.05) is 12.3 Å². The molecule has 0 saturated carbocycles. The first-order valence-corrected chi connectivity index (χ1v) is 9.36. The van der Waals surface area contributed by atoms with E-state index in [-0.39, 0.29) is 12.5 Å². The molecule has 0 aliphatic rings. The summed E-state index contributed by atoms with van der Waals surface area (Å²) in [6.45, 7) is 3.76. The summed E-state index contributed by atoms with van der Waals surface area (Å²) in [6.07, 6.45) is 0. The van der Waals surface area contributed by atoms with Gasteiger partial charge in [-0.05, 0) is 35.9 Å². The fraction of sp³-hybridized carbons (Fsp3) is 0.300. The van der Waals surface area contributed by atoms with Gasteiger partial charge in [-0.2, -0.15) is 11.8 Å². The van der Waals surface area contributed by atoms with Crippen molar-refractivity contribution in [3.05, 3.63) is 71.3 Å². The fourth-order valence-corrected chi connectivity index (χ4v) is 3.07. The van der Waals surface area contributed by atoms with Crippen LogP contribution in [0.3, 0.4) is 0 Å². The van der Waals surface area contributed by atoms with Crippen LogP contribution >= 0.6 is 11.8 Å². The van der Waals surface area contributed by atoms with Gasteiger partial charge in [-0.3, -0.25) is 9.59 Å². The van der Waals surface area contributed by atoms with Crippen molar-refractivity contribution in [2.45, 2.75) is 25.0 Å². The molecule has 0 aromatic heterocycles. The molecule has 132 valence electrons. The molecule has 1 amide bonds. The van der Waals surface area contributed by atoms with Crippen LogP contribution in [0.25, 0.3) is 0 Å². The topological polar surface area (TPSA) is 66.4 Å². The number of benzene rings is 2. The summed E-state index contributed by atoms with van der Waals surface area (Å²) in [5.41, 5.74) is 1.19. The molecule has 0 aliphatic heterocycles. The largest absolute Gasteiger partial charge is 0.481 e. The summed E-state index contributed by atoms with van der Waals surface area (Å²) in [5, 5.41) is 12.4. The molecule has 0 bridgehead atoms. The van der Waals surface area contributed by atoms with Gasteiger partial charge in [-0.15, -0.1) is 0 Å². The van der Waals surface area contributed by atoms with Crippen LogP contribution in [0.2, 0.25) is 0 Å². The van der Waals surface area contributed by atoms with Crippen LogP contribution in [0.5, 0.6) is 0 Å². The quantitative estimate of drug-likeness (QED) is 0.756. The Bertz CT molecular complexity index is 715. The number of aliphatic carboxylic acids is 1. The van der Waals surface area contributed by atoms with Gasteiger partial charge in [0.1, 0.15) is 5.41 Å². The van der Waals surface area contributed by atoms with E-state index in [1.165, 1.54) is 5.56 Å². The second-order valence-corrected chi connectivity index (χ2v) is 7.29. The number of carbonyl (C=O) groups excluding carboxylic acids is 1. The second-order valence-electron chi connectivity index (χ2n) is 6.02. The first kappa shape index (κ1) is 19.1. The molecular formula is C20H23NO3S. The molecule has 4 nitrogen and oxygen atoms in total. The molecule has 0 radical (unpaired) electrons. The molecular weight excluding hydrogens is 334 g/mol. The number of rotatable bonds is 8. The molecule has 2 N–H and O–H groups in total. The van der Waals surface area contributed by atoms with Crippen molar-refractivity contribution in [1.82, 2.24) is 5.32 Å². The average molecular weight is 357 g/mol. The highest BCUT2D eigenvalue weighted by atomic mass is 32.2. The Labute approximate surface area is 152 Å². The third kappa shape index (κ3) is 4.86. The number of carbonyl (C=O) groups is 2. The lowest BCUT2D eigenvalue weighted by molar-refractivity contribution is -0.142. The third-order valence-electron chi connectivity index (χ3n) is 4.17. The smallest absolute Gasteiger partial charge is 0.315 e. The van der Waals surface area contributed by atoms with E-state index < -0.39 is 11.4 Å². The standard InChI is InChI=1S/C20H23NO3S/c1-3-25-13-15-9-11-16(12-10-15)18(22)21-14-20(2,19(23)24)17-7-5-4-6-8-17/h4-12H,3,13-14H2,1-2H3,(H,21,22)(H,23,24). The van der Waals surface area contributed by atoms with Crippen LogP contribution in [0.15, 0.2) is 54.6 Å². The van der Waals surface area contributed by atoms with Crippen LogP contribution in [0.4, 0.5) is 0 Å². The third-order valence-corrected chi connectivity index (χ3v) is 5.12. The van der Waals surface area contributed by atoms with E-state index >= 15 is 0 Å². The van der Waals surface area contributed by atoms with Gasteiger partial charge in [0.15, 0.2) is 0 Å². The summed E-state index contributed by atoms with van der Waals surface area (Å²) < 4.78 is 0. The van der Waals surface area contributed by atoms with Crippen molar-refractivity contribution in [1.29, 1.82) is 0 Å². The highest BCUT2D eigenvalue weighted by Gasteiger charge is 2.35. The molecule has 2 aromatic rings. The van der Waals surface area contributed by atoms with Gasteiger partial charge in [0, 0.05) is 17.9 Å². The Kier molecular flexibility index (Phi) is 6.65. The van der Waals surface area contributed by atoms with E-state index in [1.54, 1.807) is 43.3 Å². The number of carboxylic acids is 1. The summed E-state index contributed by atoms with van der Waals surface area (Å²) in [5.74, 6) is 0.739. The summed E-state index contributed by atoms with van der Waals surface area (Å²) in [7, 11) is 0. The molecule has 2 rings (SSSR count). The average Bonchev–Trinajstić information content (AvgIpc) is 2.65. The van der Waals surface area contributed by atoms with Crippen LogP contribution in [-0.2, 0) is 16.0 Å². The van der Waals surface area contributed by atoms with Gasteiger partial charge < -0.3 is 10.4 Å². The lowest BCUT2D eigenvalue weighted by Crippen LogP contribution is -2.44. The minimum Gasteiger partial charge on any atom is -0.481 e. The Morgan fingerprint density at radius 3 is 2.28 bits per heavy atom. The van der Waals surface area contributed by atoms with Crippen molar-refractivity contribution < 1.29 is 14.7 Å². The summed E-state index contributed by atoms with van der Waals surface area (Å²) in [6, 6.07) is 16.4. The molecule has 25 heavy (non-hydrogen) atoms. The Hall–Kier alpha value is -2.27. The SMILES string of the molecule is CCSCc1ccc(C(=O)NCC(C)(C(=O)O)c2ccccc2)cc1. The van der Waals surface area contributed by atoms with Crippen molar-refractivity contribution in [3.63, 3.8) is 0 Å². The predicted octanol–water partition coefficient (Wildman–Crippen LogP) is 3.71. The Morgan fingerprint density at radius 2 is 1.72 bits per heavy atom. The minimum atomic E-state index is -1.17. The molecule has 0 saturated heterocycles. The van der Waals surface area contributed by atoms with Crippen LogP contribution in [0.1, 0.15) is 35.3 Å². The number of thioether (sulfide) groups is 1. The lowest BCUT2D eigenvalue weighted by atomic mass is 9.82. The zero-order valence-corrected chi connectivity index (χ0v) is 15.3. The molecule has 1 unspecified atom stereocenters. The number of carboxylic acid groups (broad SMARTS) is 1. The zero-order chi connectivity index (χ0) is 18.3. The summed E-state index contributed by atoms with van der Waals surface area (Å²) >= 11 is 1.82. The van der Waals surface area contributed by atoms with E-state index in [1.807, 2.05) is 30.0 Å². The maximum Gasteiger partial charge on any atom is 0.315 e. The normalized spacial score (nSPS) is 13.0.